The van der Waals surface area contributed by atoms with E-state index in [-0.39, 0.29) is 69.5 Å². The maximum absolute atomic E-state index is 14.7. The number of carbonyl (C=O) groups is 3. The molecule has 56 heavy (non-hydrogen) atoms. The summed E-state index contributed by atoms with van der Waals surface area (Å²) in [5.74, 6) is -0.343. The molecule has 2 N–H and O–H groups in total. The number of anilines is 2. The number of rotatable bonds is 8. The molecule has 8 heteroatoms. The van der Waals surface area contributed by atoms with Gasteiger partial charge in [0, 0.05) is 63.6 Å². The fourth-order valence-electron chi connectivity index (χ4n) is 10.2. The van der Waals surface area contributed by atoms with Crippen LogP contribution >= 0.6 is 0 Å². The smallest absolute Gasteiger partial charge is 0.269 e. The van der Waals surface area contributed by atoms with Crippen LogP contribution in [0.15, 0.2) is 81.8 Å². The number of aliphatic hydroxyl groups excluding tert-OH is 1. The number of amides is 2. The summed E-state index contributed by atoms with van der Waals surface area (Å²) in [7, 11) is 0. The van der Waals surface area contributed by atoms with Crippen molar-refractivity contribution in [1.29, 1.82) is 0 Å². The minimum absolute atomic E-state index is 0.147. The third kappa shape index (κ3) is 6.75. The molecule has 0 radical (unpaired) electrons. The van der Waals surface area contributed by atoms with Gasteiger partial charge in [-0.1, -0.05) is 65.5 Å². The first kappa shape index (κ1) is 39.8. The van der Waals surface area contributed by atoms with Gasteiger partial charge in [-0.25, -0.2) is 4.99 Å². The van der Waals surface area contributed by atoms with Crippen LogP contribution in [-0.4, -0.2) is 57.5 Å². The van der Waals surface area contributed by atoms with Crippen molar-refractivity contribution in [3.63, 3.8) is 0 Å². The lowest BCUT2D eigenvalue weighted by Gasteiger charge is -2.34. The monoisotopic (exact) mass is 758 g/mol. The highest BCUT2D eigenvalue weighted by molar-refractivity contribution is 6.42. The SMILES string of the molecule is CC(C)N1C2=CC(=NC(=O)/C=C/C3CCCC3)C(=C3C(=O)C(c4cc5c(cc4NC(=O)/C=C/C4CCCC4)N(C(C)C)C(C)C5(C)C)=C3O)C=C2C(C)(C)C1C. The van der Waals surface area contributed by atoms with E-state index in [1.807, 2.05) is 36.4 Å². The summed E-state index contributed by atoms with van der Waals surface area (Å²) < 4.78 is 0. The molecule has 8 nitrogen and oxygen atoms in total. The maximum Gasteiger partial charge on any atom is 0.269 e. The summed E-state index contributed by atoms with van der Waals surface area (Å²) >= 11 is 0. The van der Waals surface area contributed by atoms with Crippen LogP contribution in [0, 0.1) is 17.3 Å². The fraction of sp³-hybridized carbons (Fsp3) is 0.542. The van der Waals surface area contributed by atoms with E-state index in [1.54, 1.807) is 12.2 Å². The molecular formula is C48H62N4O4. The number of likely N-dealkylation sites (tertiary alicyclic amines) is 1. The zero-order chi connectivity index (χ0) is 40.4. The summed E-state index contributed by atoms with van der Waals surface area (Å²) in [6.45, 7) is 21.9. The molecule has 0 bridgehead atoms. The van der Waals surface area contributed by atoms with Gasteiger partial charge in [0.15, 0.2) is 0 Å². The topological polar surface area (TPSA) is 102 Å². The quantitative estimate of drug-likeness (QED) is 0.256. The molecule has 2 aliphatic heterocycles. The Balaban J connectivity index is 1.37. The number of hydrogen-bond donors (Lipinski definition) is 2. The summed E-state index contributed by atoms with van der Waals surface area (Å²) in [5.41, 5.74) is 5.70. The van der Waals surface area contributed by atoms with E-state index in [0.717, 1.165) is 48.2 Å². The molecule has 1 aromatic carbocycles. The number of hydrogen-bond acceptors (Lipinski definition) is 6. The van der Waals surface area contributed by atoms with Gasteiger partial charge in [0.1, 0.15) is 5.76 Å². The highest BCUT2D eigenvalue weighted by atomic mass is 16.3. The van der Waals surface area contributed by atoms with Gasteiger partial charge in [-0.3, -0.25) is 14.4 Å². The minimum atomic E-state index is -0.379. The Bertz CT molecular complexity index is 2060. The van der Waals surface area contributed by atoms with E-state index in [1.165, 1.54) is 25.7 Å². The molecule has 7 rings (SSSR count). The number of aliphatic imine (C=N–C) groups is 1. The van der Waals surface area contributed by atoms with Crippen LogP contribution in [0.4, 0.5) is 11.4 Å². The van der Waals surface area contributed by atoms with Gasteiger partial charge >= 0.3 is 0 Å². The molecule has 0 spiro atoms. The average molecular weight is 759 g/mol. The second-order valence-electron chi connectivity index (χ2n) is 18.8. The normalized spacial score (nSPS) is 27.0. The first-order valence-electron chi connectivity index (χ1n) is 21.2. The Labute approximate surface area is 334 Å². The highest BCUT2D eigenvalue weighted by Gasteiger charge is 2.49. The van der Waals surface area contributed by atoms with E-state index >= 15 is 0 Å². The van der Waals surface area contributed by atoms with Gasteiger partial charge in [0.2, 0.25) is 11.7 Å². The molecule has 2 atom stereocenters. The van der Waals surface area contributed by atoms with E-state index in [9.17, 15) is 19.5 Å². The molecule has 298 valence electrons. The van der Waals surface area contributed by atoms with Crippen LogP contribution in [0.5, 0.6) is 0 Å². The molecule has 1 aromatic rings. The molecule has 2 saturated carbocycles. The molecule has 2 unspecified atom stereocenters. The van der Waals surface area contributed by atoms with E-state index in [4.69, 9.17) is 0 Å². The summed E-state index contributed by atoms with van der Waals surface area (Å²) in [4.78, 5) is 51.0. The first-order chi connectivity index (χ1) is 26.4. The van der Waals surface area contributed by atoms with E-state index in [2.05, 4.69) is 89.3 Å². The molecule has 1 saturated heterocycles. The lowest BCUT2D eigenvalue weighted by molar-refractivity contribution is -0.113. The molecule has 0 aromatic heterocycles. The van der Waals surface area contributed by atoms with Gasteiger partial charge in [0.25, 0.3) is 5.91 Å². The predicted molar refractivity (Wildman–Crippen MR) is 228 cm³/mol. The van der Waals surface area contributed by atoms with Crippen molar-refractivity contribution in [2.75, 3.05) is 10.2 Å². The summed E-state index contributed by atoms with van der Waals surface area (Å²) in [6.07, 6.45) is 20.1. The second-order valence-corrected chi connectivity index (χ2v) is 18.8. The van der Waals surface area contributed by atoms with Crippen molar-refractivity contribution < 1.29 is 19.5 Å². The van der Waals surface area contributed by atoms with Crippen molar-refractivity contribution in [1.82, 2.24) is 4.90 Å². The summed E-state index contributed by atoms with van der Waals surface area (Å²) in [5, 5.41) is 15.2. The Morgan fingerprint density at radius 2 is 1.39 bits per heavy atom. The third-order valence-electron chi connectivity index (χ3n) is 14.0. The van der Waals surface area contributed by atoms with Crippen LogP contribution in [0.25, 0.3) is 5.57 Å². The first-order valence-corrected chi connectivity index (χ1v) is 21.2. The number of nitrogens with zero attached hydrogens (tertiary/aromatic N) is 3. The maximum atomic E-state index is 14.7. The summed E-state index contributed by atoms with van der Waals surface area (Å²) in [6, 6.07) is 4.70. The van der Waals surface area contributed by atoms with E-state index in [0.29, 0.717) is 34.4 Å². The molecule has 2 amide bonds. The van der Waals surface area contributed by atoms with Crippen LogP contribution in [-0.2, 0) is 19.8 Å². The fourth-order valence-corrected chi connectivity index (χ4v) is 10.2. The zero-order valence-corrected chi connectivity index (χ0v) is 35.3. The predicted octanol–water partition coefficient (Wildman–Crippen LogP) is 10.1. The Morgan fingerprint density at radius 3 is 1.96 bits per heavy atom. The standard InChI is InChI=1S/C48H62N4O4/c1-27(2)51-29(5)47(7,8)35-23-33(37(25-39(35)51)49-41(53)21-19-31-15-11-12-16-31)43-45(55)44(46(43)56)34-24-36-40(52(28(3)4)30(6)48(36,9)10)26-38(34)50-42(54)22-20-32-17-13-14-18-32/h19-32,55H,11-18H2,1-10H3,(H,49,53)/b21-19+,22-20+,44-34?,50-38?. The molecule has 6 aliphatic rings. The van der Waals surface area contributed by atoms with Crippen LogP contribution in [0.3, 0.4) is 0 Å². The third-order valence-corrected chi connectivity index (χ3v) is 14.0. The Morgan fingerprint density at radius 1 is 0.821 bits per heavy atom. The Kier molecular flexibility index (Phi) is 10.5. The van der Waals surface area contributed by atoms with Gasteiger partial charge in [-0.05, 0) is 121 Å². The van der Waals surface area contributed by atoms with Crippen molar-refractivity contribution in [3.8, 4) is 0 Å². The highest BCUT2D eigenvalue weighted by Crippen LogP contribution is 2.53. The number of allylic oxidation sites excluding steroid dienone is 8. The van der Waals surface area contributed by atoms with E-state index < -0.39 is 0 Å². The van der Waals surface area contributed by atoms with Crippen LogP contribution < -0.4 is 10.2 Å². The van der Waals surface area contributed by atoms with Crippen molar-refractivity contribution in [2.24, 2.45) is 22.2 Å². The van der Waals surface area contributed by atoms with Crippen molar-refractivity contribution >= 4 is 40.3 Å². The van der Waals surface area contributed by atoms with Gasteiger partial charge in [0.05, 0.1) is 22.5 Å². The van der Waals surface area contributed by atoms with Crippen molar-refractivity contribution in [2.45, 2.75) is 150 Å². The number of benzene rings is 1. The number of carbonyl (C=O) groups excluding carboxylic acids is 3. The number of aliphatic hydroxyl groups is 1. The number of fused-ring (bicyclic) bond motifs is 2. The lowest BCUT2D eigenvalue weighted by atomic mass is 9.73. The Hall–Kier alpha value is -4.46. The second kappa shape index (κ2) is 14.8. The van der Waals surface area contributed by atoms with Gasteiger partial charge in [-0.15, -0.1) is 0 Å². The average Bonchev–Trinajstić information content (AvgIpc) is 3.92. The molecular weight excluding hydrogens is 697 g/mol. The number of ketones is 1. The van der Waals surface area contributed by atoms with Gasteiger partial charge in [-0.2, -0.15) is 0 Å². The largest absolute Gasteiger partial charge is 0.506 e. The van der Waals surface area contributed by atoms with Crippen LogP contribution in [0.1, 0.15) is 132 Å². The molecule has 3 fully saturated rings. The molecule has 4 aliphatic carbocycles. The number of Topliss-reactive ketones (excluding diaryl/α,β-unsaturated/α-hetero) is 1. The zero-order valence-electron chi connectivity index (χ0n) is 35.3. The number of nitrogens with one attached hydrogen (secondary N) is 1. The molecule has 2 heterocycles. The van der Waals surface area contributed by atoms with Gasteiger partial charge < -0.3 is 20.2 Å². The minimum Gasteiger partial charge on any atom is -0.506 e. The lowest BCUT2D eigenvalue weighted by Crippen LogP contribution is -2.42. The van der Waals surface area contributed by atoms with Crippen LogP contribution in [0.2, 0.25) is 0 Å². The van der Waals surface area contributed by atoms with Crippen molar-refractivity contribution in [3.05, 3.63) is 87.9 Å².